The Morgan fingerprint density at radius 3 is 2.27 bits per heavy atom. The summed E-state index contributed by atoms with van der Waals surface area (Å²) in [4.78, 5) is 0. The van der Waals surface area contributed by atoms with Crippen LogP contribution in [0.25, 0.3) is 10.1 Å². The van der Waals surface area contributed by atoms with Crippen LogP contribution in [-0.2, 0) is 15.9 Å². The highest BCUT2D eigenvalue weighted by Gasteiger charge is 2.52. The van der Waals surface area contributed by atoms with Crippen molar-refractivity contribution in [3.8, 4) is 11.5 Å². The molecule has 0 saturated carbocycles. The third-order valence-electron chi connectivity index (χ3n) is 5.97. The maximum Gasteiger partial charge on any atom is 0.505 e. The first-order chi connectivity index (χ1) is 14.2. The van der Waals surface area contributed by atoms with Gasteiger partial charge in [0.2, 0.25) is 0 Å². The summed E-state index contributed by atoms with van der Waals surface area (Å²) in [5, 5.41) is 4.66. The van der Waals surface area contributed by atoms with Crippen LogP contribution in [0.15, 0.2) is 42.5 Å². The molecule has 0 spiro atoms. The van der Waals surface area contributed by atoms with Crippen LogP contribution in [-0.4, -0.2) is 32.5 Å². The molecule has 0 aliphatic carbocycles. The molecule has 5 nitrogen and oxygen atoms in total. The quantitative estimate of drug-likeness (QED) is 0.574. The highest BCUT2D eigenvalue weighted by Crippen LogP contribution is 2.37. The van der Waals surface area contributed by atoms with Crippen molar-refractivity contribution in [3.63, 3.8) is 0 Å². The van der Waals surface area contributed by atoms with Gasteiger partial charge < -0.3 is 24.1 Å². The molecule has 0 amide bonds. The van der Waals surface area contributed by atoms with E-state index in [1.54, 1.807) is 25.6 Å². The number of benzene rings is 2. The summed E-state index contributed by atoms with van der Waals surface area (Å²) in [6, 6.07) is 14.6. The van der Waals surface area contributed by atoms with Crippen molar-refractivity contribution in [1.29, 1.82) is 0 Å². The van der Waals surface area contributed by atoms with E-state index in [0.717, 1.165) is 16.2 Å². The number of nitrogens with one attached hydrogen (secondary N) is 1. The van der Waals surface area contributed by atoms with E-state index < -0.39 is 0 Å². The minimum atomic E-state index is -0.331. The van der Waals surface area contributed by atoms with Crippen LogP contribution < -0.4 is 19.6 Å². The Balaban J connectivity index is 1.49. The Kier molecular flexibility index (Phi) is 5.47. The number of thiophene rings is 1. The SMILES string of the molecule is COc1ccc(NCc2ccc3sc(B4OC(C)(C)C(C)(C)O4)cc3c2)cc1OC. The lowest BCUT2D eigenvalue weighted by atomic mass is 9.87. The van der Waals surface area contributed by atoms with Gasteiger partial charge in [0.05, 0.1) is 25.4 Å². The fourth-order valence-electron chi connectivity index (χ4n) is 3.45. The van der Waals surface area contributed by atoms with Crippen molar-refractivity contribution in [3.05, 3.63) is 48.0 Å². The van der Waals surface area contributed by atoms with Gasteiger partial charge >= 0.3 is 7.12 Å². The normalized spacial score (nSPS) is 17.3. The van der Waals surface area contributed by atoms with Gasteiger partial charge in [-0.2, -0.15) is 0 Å². The molecule has 1 aromatic heterocycles. The van der Waals surface area contributed by atoms with Gasteiger partial charge in [0.15, 0.2) is 11.5 Å². The zero-order chi connectivity index (χ0) is 21.5. The Labute approximate surface area is 182 Å². The van der Waals surface area contributed by atoms with Gasteiger partial charge in [-0.3, -0.25) is 0 Å². The minimum absolute atomic E-state index is 0.319. The third kappa shape index (κ3) is 3.89. The van der Waals surface area contributed by atoms with E-state index in [-0.39, 0.29) is 18.3 Å². The maximum atomic E-state index is 6.21. The molecule has 4 rings (SSSR count). The number of hydrogen-bond donors (Lipinski definition) is 1. The van der Waals surface area contributed by atoms with Crippen LogP contribution in [0.3, 0.4) is 0 Å². The molecule has 3 aromatic rings. The van der Waals surface area contributed by atoms with E-state index in [0.29, 0.717) is 12.3 Å². The van der Waals surface area contributed by atoms with Crippen LogP contribution in [0, 0.1) is 0 Å². The lowest BCUT2D eigenvalue weighted by molar-refractivity contribution is 0.00578. The van der Waals surface area contributed by atoms with Crippen LogP contribution in [0.4, 0.5) is 5.69 Å². The van der Waals surface area contributed by atoms with Crippen LogP contribution in [0.1, 0.15) is 33.3 Å². The summed E-state index contributed by atoms with van der Waals surface area (Å²) in [7, 11) is 2.96. The molecule has 1 aliphatic rings. The number of ether oxygens (including phenoxy) is 2. The predicted octanol–water partition coefficient (Wildman–Crippen LogP) is 4.83. The average molecular weight is 425 g/mol. The maximum absolute atomic E-state index is 6.21. The highest BCUT2D eigenvalue weighted by molar-refractivity contribution is 7.28. The lowest BCUT2D eigenvalue weighted by Gasteiger charge is -2.32. The van der Waals surface area contributed by atoms with E-state index in [1.807, 2.05) is 18.2 Å². The zero-order valence-electron chi connectivity index (χ0n) is 18.4. The number of hydrogen-bond acceptors (Lipinski definition) is 6. The van der Waals surface area contributed by atoms with Gasteiger partial charge in [0, 0.05) is 27.8 Å². The molecule has 0 bridgehead atoms. The Morgan fingerprint density at radius 1 is 0.900 bits per heavy atom. The minimum Gasteiger partial charge on any atom is -0.493 e. The molecule has 2 aromatic carbocycles. The van der Waals surface area contributed by atoms with Crippen molar-refractivity contribution >= 4 is 39.0 Å². The number of anilines is 1. The first-order valence-electron chi connectivity index (χ1n) is 10.1. The molecule has 158 valence electrons. The Hall–Kier alpha value is -2.22. The van der Waals surface area contributed by atoms with E-state index in [2.05, 4.69) is 57.3 Å². The second-order valence-corrected chi connectivity index (χ2v) is 9.65. The van der Waals surface area contributed by atoms with E-state index in [1.165, 1.54) is 15.6 Å². The van der Waals surface area contributed by atoms with E-state index in [9.17, 15) is 0 Å². The summed E-state index contributed by atoms with van der Waals surface area (Å²) < 4.78 is 25.4. The van der Waals surface area contributed by atoms with E-state index in [4.69, 9.17) is 18.8 Å². The molecule has 0 unspecified atom stereocenters. The highest BCUT2D eigenvalue weighted by atomic mass is 32.1. The molecule has 0 atom stereocenters. The Morgan fingerprint density at radius 2 is 1.60 bits per heavy atom. The first kappa shape index (κ1) is 21.0. The Bertz CT molecular complexity index is 1050. The molecular formula is C23H28BNO4S. The van der Waals surface area contributed by atoms with Crippen LogP contribution in [0.5, 0.6) is 11.5 Å². The second-order valence-electron chi connectivity index (χ2n) is 8.53. The van der Waals surface area contributed by atoms with Crippen molar-refractivity contribution in [2.75, 3.05) is 19.5 Å². The second kappa shape index (κ2) is 7.80. The summed E-state index contributed by atoms with van der Waals surface area (Å²) in [6.07, 6.45) is 0. The monoisotopic (exact) mass is 425 g/mol. The fraction of sp³-hybridized carbons (Fsp3) is 0.391. The van der Waals surface area contributed by atoms with E-state index >= 15 is 0 Å². The molecule has 30 heavy (non-hydrogen) atoms. The van der Waals surface area contributed by atoms with Gasteiger partial charge in [0.25, 0.3) is 0 Å². The molecule has 1 aliphatic heterocycles. The number of rotatable bonds is 6. The standard InChI is InChI=1S/C23H28BNO4S/c1-22(2)23(3,4)29-24(28-22)21-12-16-11-15(7-10-20(16)30-21)14-25-17-8-9-18(26-5)19(13-17)27-6/h7-13,25H,14H2,1-6H3. The smallest absolute Gasteiger partial charge is 0.493 e. The molecule has 2 heterocycles. The predicted molar refractivity (Wildman–Crippen MR) is 124 cm³/mol. The molecule has 1 saturated heterocycles. The summed E-state index contributed by atoms with van der Waals surface area (Å²) in [5.41, 5.74) is 1.52. The summed E-state index contributed by atoms with van der Waals surface area (Å²) in [6.45, 7) is 9.04. The number of methoxy groups -OCH3 is 2. The average Bonchev–Trinajstić information content (AvgIpc) is 3.23. The zero-order valence-corrected chi connectivity index (χ0v) is 19.2. The first-order valence-corrected chi connectivity index (χ1v) is 10.9. The van der Waals surface area contributed by atoms with Crippen molar-refractivity contribution in [2.45, 2.75) is 45.4 Å². The topological polar surface area (TPSA) is 49.0 Å². The van der Waals surface area contributed by atoms with Crippen molar-refractivity contribution in [2.24, 2.45) is 0 Å². The van der Waals surface area contributed by atoms with Crippen molar-refractivity contribution in [1.82, 2.24) is 0 Å². The fourth-order valence-corrected chi connectivity index (χ4v) is 4.45. The van der Waals surface area contributed by atoms with Gasteiger partial charge in [-0.15, -0.1) is 11.3 Å². The summed E-state index contributed by atoms with van der Waals surface area (Å²) >= 11 is 1.73. The molecular weight excluding hydrogens is 397 g/mol. The van der Waals surface area contributed by atoms with Crippen LogP contribution in [0.2, 0.25) is 0 Å². The van der Waals surface area contributed by atoms with Gasteiger partial charge in [-0.1, -0.05) is 6.07 Å². The molecule has 1 fully saturated rings. The lowest BCUT2D eigenvalue weighted by Crippen LogP contribution is -2.41. The summed E-state index contributed by atoms with van der Waals surface area (Å²) in [5.74, 6) is 1.43. The van der Waals surface area contributed by atoms with Crippen LogP contribution >= 0.6 is 11.3 Å². The number of fused-ring (bicyclic) bond motifs is 1. The molecule has 1 N–H and O–H groups in total. The largest absolute Gasteiger partial charge is 0.505 e. The third-order valence-corrected chi connectivity index (χ3v) is 7.10. The van der Waals surface area contributed by atoms with Gasteiger partial charge in [0.1, 0.15) is 0 Å². The van der Waals surface area contributed by atoms with Gasteiger partial charge in [-0.05, 0) is 69.0 Å². The van der Waals surface area contributed by atoms with Gasteiger partial charge in [-0.25, -0.2) is 0 Å². The molecule has 7 heteroatoms. The van der Waals surface area contributed by atoms with Crippen molar-refractivity contribution < 1.29 is 18.8 Å². The molecule has 0 radical (unpaired) electrons.